The Bertz CT molecular complexity index is 805. The topological polar surface area (TPSA) is 52.6 Å². The quantitative estimate of drug-likeness (QED) is 0.643. The summed E-state index contributed by atoms with van der Waals surface area (Å²) >= 11 is 0. The number of aliphatic hydroxyl groups is 1. The van der Waals surface area contributed by atoms with Crippen LogP contribution in [0.2, 0.25) is 0 Å². The van der Waals surface area contributed by atoms with Crippen molar-refractivity contribution in [2.45, 2.75) is 37.7 Å². The molecule has 6 heteroatoms. The molecule has 1 fully saturated rings. The molecule has 0 aromatic heterocycles. The van der Waals surface area contributed by atoms with Gasteiger partial charge in [-0.15, -0.1) is 0 Å². The summed E-state index contributed by atoms with van der Waals surface area (Å²) in [6, 6.07) is 11.9. The first-order chi connectivity index (χ1) is 14.4. The van der Waals surface area contributed by atoms with Crippen molar-refractivity contribution in [1.82, 2.24) is 10.2 Å². The lowest BCUT2D eigenvalue weighted by Gasteiger charge is -2.42. The zero-order valence-corrected chi connectivity index (χ0v) is 17.4. The Morgan fingerprint density at radius 2 is 1.63 bits per heavy atom. The Hall–Kier alpha value is -2.31. The number of amides is 1. The maximum atomic E-state index is 14.0. The molecule has 3 rings (SSSR count). The fraction of sp³-hybridized carbons (Fsp3) is 0.458. The standard InChI is InChI=1S/C24H30F2N2O2/c1-27-23(29)10-2-3-13-28-14-11-18(12-15-28)24(30,19-6-4-8-21(25)16-19)20-7-5-9-22(26)17-20/h4-9,16-18,30H,2-3,10-15H2,1H3,(H,27,29). The fourth-order valence-corrected chi connectivity index (χ4v) is 4.41. The van der Waals surface area contributed by atoms with Gasteiger partial charge in [0.2, 0.25) is 5.91 Å². The van der Waals surface area contributed by atoms with E-state index in [1.165, 1.54) is 24.3 Å². The van der Waals surface area contributed by atoms with Crippen molar-refractivity contribution in [3.63, 3.8) is 0 Å². The molecular weight excluding hydrogens is 386 g/mol. The lowest BCUT2D eigenvalue weighted by Crippen LogP contribution is -2.44. The predicted octanol–water partition coefficient (Wildman–Crippen LogP) is 3.83. The fourth-order valence-electron chi connectivity index (χ4n) is 4.41. The van der Waals surface area contributed by atoms with Gasteiger partial charge in [-0.05, 0) is 86.6 Å². The molecule has 0 atom stereocenters. The number of nitrogens with zero attached hydrogens (tertiary/aromatic N) is 1. The maximum Gasteiger partial charge on any atom is 0.219 e. The minimum absolute atomic E-state index is 0.0592. The number of nitrogens with one attached hydrogen (secondary N) is 1. The van der Waals surface area contributed by atoms with Crippen LogP contribution in [0.15, 0.2) is 48.5 Å². The van der Waals surface area contributed by atoms with Gasteiger partial charge in [0, 0.05) is 13.5 Å². The van der Waals surface area contributed by atoms with E-state index in [2.05, 4.69) is 10.2 Å². The third kappa shape index (κ3) is 5.24. The number of carbonyl (C=O) groups is 1. The van der Waals surface area contributed by atoms with Crippen molar-refractivity contribution in [2.75, 3.05) is 26.7 Å². The second-order valence-electron chi connectivity index (χ2n) is 8.03. The highest BCUT2D eigenvalue weighted by Gasteiger charge is 2.42. The highest BCUT2D eigenvalue weighted by molar-refractivity contribution is 5.75. The van der Waals surface area contributed by atoms with E-state index in [9.17, 15) is 18.7 Å². The Balaban J connectivity index is 1.71. The molecule has 162 valence electrons. The third-order valence-corrected chi connectivity index (χ3v) is 6.11. The normalized spacial score (nSPS) is 15.9. The van der Waals surface area contributed by atoms with Crippen LogP contribution >= 0.6 is 0 Å². The number of piperidine rings is 1. The van der Waals surface area contributed by atoms with Crippen LogP contribution in [0.25, 0.3) is 0 Å². The molecule has 0 bridgehead atoms. The van der Waals surface area contributed by atoms with E-state index in [1.54, 1.807) is 31.3 Å². The lowest BCUT2D eigenvalue weighted by atomic mass is 9.72. The van der Waals surface area contributed by atoms with Crippen LogP contribution < -0.4 is 5.32 Å². The summed E-state index contributed by atoms with van der Waals surface area (Å²) in [6.07, 6.45) is 3.76. The van der Waals surface area contributed by atoms with Crippen LogP contribution in [0.3, 0.4) is 0 Å². The van der Waals surface area contributed by atoms with Crippen LogP contribution in [-0.4, -0.2) is 42.6 Å². The summed E-state index contributed by atoms with van der Waals surface area (Å²) in [5.41, 5.74) is -0.538. The zero-order valence-electron chi connectivity index (χ0n) is 17.4. The molecule has 0 aliphatic carbocycles. The van der Waals surface area contributed by atoms with Gasteiger partial charge in [0.05, 0.1) is 0 Å². The molecule has 1 heterocycles. The second kappa shape index (κ2) is 10.1. The Labute approximate surface area is 176 Å². The average molecular weight is 417 g/mol. The average Bonchev–Trinajstić information content (AvgIpc) is 2.76. The van der Waals surface area contributed by atoms with Crippen molar-refractivity contribution < 1.29 is 18.7 Å². The van der Waals surface area contributed by atoms with Crippen molar-refractivity contribution in [1.29, 1.82) is 0 Å². The minimum atomic E-state index is -1.45. The molecule has 1 saturated heterocycles. The molecule has 0 saturated carbocycles. The van der Waals surface area contributed by atoms with Crippen LogP contribution in [0.1, 0.15) is 43.2 Å². The Morgan fingerprint density at radius 1 is 1.07 bits per heavy atom. The molecule has 2 aromatic rings. The van der Waals surface area contributed by atoms with Gasteiger partial charge in [0.15, 0.2) is 0 Å². The van der Waals surface area contributed by atoms with Gasteiger partial charge in [-0.25, -0.2) is 8.78 Å². The van der Waals surface area contributed by atoms with E-state index >= 15 is 0 Å². The molecule has 2 aromatic carbocycles. The van der Waals surface area contributed by atoms with Crippen molar-refractivity contribution in [3.8, 4) is 0 Å². The predicted molar refractivity (Wildman–Crippen MR) is 113 cm³/mol. The number of hydrogen-bond donors (Lipinski definition) is 2. The summed E-state index contributed by atoms with van der Waals surface area (Å²) < 4.78 is 27.9. The van der Waals surface area contributed by atoms with E-state index in [1.807, 2.05) is 0 Å². The molecule has 0 radical (unpaired) electrons. The third-order valence-electron chi connectivity index (χ3n) is 6.11. The van der Waals surface area contributed by atoms with E-state index in [4.69, 9.17) is 0 Å². The van der Waals surface area contributed by atoms with E-state index in [-0.39, 0.29) is 11.8 Å². The largest absolute Gasteiger partial charge is 0.380 e. The summed E-state index contributed by atoms with van der Waals surface area (Å²) in [7, 11) is 1.64. The van der Waals surface area contributed by atoms with Crippen LogP contribution in [0, 0.1) is 17.6 Å². The number of rotatable bonds is 8. The SMILES string of the molecule is CNC(=O)CCCCN1CCC(C(O)(c2cccc(F)c2)c2cccc(F)c2)CC1. The van der Waals surface area contributed by atoms with Gasteiger partial charge < -0.3 is 15.3 Å². The molecule has 2 N–H and O–H groups in total. The molecule has 30 heavy (non-hydrogen) atoms. The maximum absolute atomic E-state index is 14.0. The number of halogens is 2. The lowest BCUT2D eigenvalue weighted by molar-refractivity contribution is -0.120. The van der Waals surface area contributed by atoms with Crippen molar-refractivity contribution in [2.24, 2.45) is 5.92 Å². The molecular formula is C24H30F2N2O2. The first-order valence-electron chi connectivity index (χ1n) is 10.6. The number of unbranched alkanes of at least 4 members (excludes halogenated alkanes) is 1. The van der Waals surface area contributed by atoms with Gasteiger partial charge in [-0.2, -0.15) is 0 Å². The summed E-state index contributed by atoms with van der Waals surface area (Å²) in [5.74, 6) is -0.932. The molecule has 1 aliphatic heterocycles. The van der Waals surface area contributed by atoms with Gasteiger partial charge in [0.1, 0.15) is 17.2 Å². The monoisotopic (exact) mass is 416 g/mol. The second-order valence-corrected chi connectivity index (χ2v) is 8.03. The Kier molecular flexibility index (Phi) is 7.56. The first kappa shape index (κ1) is 22.4. The van der Waals surface area contributed by atoms with E-state index < -0.39 is 17.2 Å². The molecule has 0 spiro atoms. The van der Waals surface area contributed by atoms with Crippen molar-refractivity contribution in [3.05, 3.63) is 71.3 Å². The van der Waals surface area contributed by atoms with Gasteiger partial charge >= 0.3 is 0 Å². The minimum Gasteiger partial charge on any atom is -0.380 e. The number of benzene rings is 2. The molecule has 0 unspecified atom stereocenters. The zero-order chi connectivity index (χ0) is 21.6. The molecule has 1 amide bonds. The molecule has 1 aliphatic rings. The molecule has 4 nitrogen and oxygen atoms in total. The van der Waals surface area contributed by atoms with Crippen LogP contribution in [-0.2, 0) is 10.4 Å². The number of hydrogen-bond acceptors (Lipinski definition) is 3. The highest BCUT2D eigenvalue weighted by Crippen LogP contribution is 2.42. The summed E-state index contributed by atoms with van der Waals surface area (Å²) in [4.78, 5) is 13.7. The number of likely N-dealkylation sites (tertiary alicyclic amines) is 1. The summed E-state index contributed by atoms with van der Waals surface area (Å²) in [5, 5.41) is 14.5. The van der Waals surface area contributed by atoms with Gasteiger partial charge in [-0.3, -0.25) is 4.79 Å². The van der Waals surface area contributed by atoms with Gasteiger partial charge in [0.25, 0.3) is 0 Å². The summed E-state index contributed by atoms with van der Waals surface area (Å²) in [6.45, 7) is 2.51. The van der Waals surface area contributed by atoms with E-state index in [0.29, 0.717) is 17.5 Å². The van der Waals surface area contributed by atoms with E-state index in [0.717, 1.165) is 45.3 Å². The van der Waals surface area contributed by atoms with Crippen molar-refractivity contribution >= 4 is 5.91 Å². The van der Waals surface area contributed by atoms with Gasteiger partial charge in [-0.1, -0.05) is 24.3 Å². The Morgan fingerprint density at radius 3 is 2.13 bits per heavy atom. The van der Waals surface area contributed by atoms with Crippen LogP contribution in [0.5, 0.6) is 0 Å². The first-order valence-corrected chi connectivity index (χ1v) is 10.6. The number of carbonyl (C=O) groups excluding carboxylic acids is 1. The smallest absolute Gasteiger partial charge is 0.219 e. The highest BCUT2D eigenvalue weighted by atomic mass is 19.1. The van der Waals surface area contributed by atoms with Crippen LogP contribution in [0.4, 0.5) is 8.78 Å².